The number of nitrogens with one attached hydrogen (secondary N) is 1. The van der Waals surface area contributed by atoms with Gasteiger partial charge in [-0.25, -0.2) is 4.98 Å². The molecule has 2 rings (SSSR count). The van der Waals surface area contributed by atoms with Crippen LogP contribution in [-0.2, 0) is 0 Å². The average molecular weight is 247 g/mol. The molecule has 3 heteroatoms. The van der Waals surface area contributed by atoms with E-state index >= 15 is 0 Å². The van der Waals surface area contributed by atoms with Crippen molar-refractivity contribution in [2.45, 2.75) is 45.4 Å². The second-order valence-electron chi connectivity index (χ2n) is 5.06. The van der Waals surface area contributed by atoms with E-state index in [1.165, 1.54) is 44.2 Å². The van der Waals surface area contributed by atoms with Crippen LogP contribution >= 0.6 is 0 Å². The predicted molar refractivity (Wildman–Crippen MR) is 78.3 cm³/mol. The lowest BCUT2D eigenvalue weighted by atomic mass is 10.2. The summed E-state index contributed by atoms with van der Waals surface area (Å²) in [7, 11) is 0. The normalized spacial score (nSPS) is 15.1. The van der Waals surface area contributed by atoms with Crippen LogP contribution in [0.2, 0.25) is 0 Å². The summed E-state index contributed by atoms with van der Waals surface area (Å²) in [5.41, 5.74) is 1.20. The van der Waals surface area contributed by atoms with Gasteiger partial charge in [-0.15, -0.1) is 0 Å². The molecule has 1 aromatic rings. The van der Waals surface area contributed by atoms with E-state index in [0.717, 1.165) is 25.5 Å². The van der Waals surface area contributed by atoms with Crippen LogP contribution in [0.4, 0.5) is 11.5 Å². The van der Waals surface area contributed by atoms with Crippen molar-refractivity contribution >= 4 is 11.5 Å². The first-order valence-electron chi connectivity index (χ1n) is 7.35. The molecule has 18 heavy (non-hydrogen) atoms. The van der Waals surface area contributed by atoms with E-state index in [-0.39, 0.29) is 0 Å². The molecule has 1 aromatic heterocycles. The molecule has 100 valence electrons. The van der Waals surface area contributed by atoms with Gasteiger partial charge in [0.25, 0.3) is 0 Å². The molecule has 1 aliphatic heterocycles. The van der Waals surface area contributed by atoms with E-state index in [0.29, 0.717) is 0 Å². The standard InChI is InChI=1S/C15H25N3/c1-2-3-4-5-10-16-14-9-8-11-17-15(14)18-12-6-7-13-18/h8-9,11,16H,2-7,10,12-13H2,1H3. The minimum absolute atomic E-state index is 1.06. The molecule has 0 atom stereocenters. The summed E-state index contributed by atoms with van der Waals surface area (Å²) in [5, 5.41) is 3.54. The first-order valence-corrected chi connectivity index (χ1v) is 7.35. The number of rotatable bonds is 7. The zero-order chi connectivity index (χ0) is 12.6. The van der Waals surface area contributed by atoms with E-state index in [1.54, 1.807) is 0 Å². The van der Waals surface area contributed by atoms with Crippen molar-refractivity contribution in [2.75, 3.05) is 29.9 Å². The van der Waals surface area contributed by atoms with Gasteiger partial charge in [0.15, 0.2) is 5.82 Å². The molecule has 0 spiro atoms. The topological polar surface area (TPSA) is 28.2 Å². The minimum atomic E-state index is 1.06. The van der Waals surface area contributed by atoms with Crippen molar-refractivity contribution in [3.63, 3.8) is 0 Å². The molecule has 0 aromatic carbocycles. The Morgan fingerprint density at radius 3 is 2.83 bits per heavy atom. The summed E-state index contributed by atoms with van der Waals surface area (Å²) in [5.74, 6) is 1.14. The summed E-state index contributed by atoms with van der Waals surface area (Å²) in [6.45, 7) is 5.62. The molecule has 0 radical (unpaired) electrons. The highest BCUT2D eigenvalue weighted by molar-refractivity contribution is 5.65. The number of hydrogen-bond donors (Lipinski definition) is 1. The molecular weight excluding hydrogens is 222 g/mol. The van der Waals surface area contributed by atoms with Crippen LogP contribution in [0.5, 0.6) is 0 Å². The Bertz CT molecular complexity index is 345. The zero-order valence-electron chi connectivity index (χ0n) is 11.5. The van der Waals surface area contributed by atoms with Crippen LogP contribution in [0.25, 0.3) is 0 Å². The monoisotopic (exact) mass is 247 g/mol. The molecule has 0 saturated carbocycles. The molecule has 0 bridgehead atoms. The Balaban J connectivity index is 1.86. The third-order valence-electron chi connectivity index (χ3n) is 3.54. The second kappa shape index (κ2) is 7.24. The molecule has 3 nitrogen and oxygen atoms in total. The maximum Gasteiger partial charge on any atom is 0.151 e. The summed E-state index contributed by atoms with van der Waals surface area (Å²) in [6, 6.07) is 4.18. The van der Waals surface area contributed by atoms with Crippen LogP contribution in [0.15, 0.2) is 18.3 Å². The molecule has 1 fully saturated rings. The lowest BCUT2D eigenvalue weighted by Crippen LogP contribution is -2.20. The smallest absolute Gasteiger partial charge is 0.151 e. The number of nitrogens with zero attached hydrogens (tertiary/aromatic N) is 2. The van der Waals surface area contributed by atoms with Gasteiger partial charge in [0.2, 0.25) is 0 Å². The van der Waals surface area contributed by atoms with Gasteiger partial charge in [0, 0.05) is 25.8 Å². The van der Waals surface area contributed by atoms with Crippen LogP contribution < -0.4 is 10.2 Å². The largest absolute Gasteiger partial charge is 0.382 e. The molecule has 0 amide bonds. The van der Waals surface area contributed by atoms with E-state index in [2.05, 4.69) is 28.2 Å². The molecule has 1 N–H and O–H groups in total. The lowest BCUT2D eigenvalue weighted by Gasteiger charge is -2.20. The fourth-order valence-corrected chi connectivity index (χ4v) is 2.49. The fraction of sp³-hybridized carbons (Fsp3) is 0.667. The van der Waals surface area contributed by atoms with Crippen molar-refractivity contribution in [1.82, 2.24) is 4.98 Å². The highest BCUT2D eigenvalue weighted by atomic mass is 15.2. The maximum atomic E-state index is 4.54. The average Bonchev–Trinajstić information content (AvgIpc) is 2.93. The lowest BCUT2D eigenvalue weighted by molar-refractivity contribution is 0.685. The van der Waals surface area contributed by atoms with Crippen molar-refractivity contribution in [1.29, 1.82) is 0 Å². The summed E-state index contributed by atoms with van der Waals surface area (Å²) in [4.78, 5) is 6.94. The quantitative estimate of drug-likeness (QED) is 0.745. The van der Waals surface area contributed by atoms with E-state index in [4.69, 9.17) is 0 Å². The highest BCUT2D eigenvalue weighted by Crippen LogP contribution is 2.25. The van der Waals surface area contributed by atoms with Gasteiger partial charge in [-0.1, -0.05) is 26.2 Å². The van der Waals surface area contributed by atoms with Gasteiger partial charge in [-0.2, -0.15) is 0 Å². The Hall–Kier alpha value is -1.25. The van der Waals surface area contributed by atoms with Gasteiger partial charge in [0.05, 0.1) is 5.69 Å². The van der Waals surface area contributed by atoms with Gasteiger partial charge >= 0.3 is 0 Å². The molecule has 0 aliphatic carbocycles. The molecule has 0 unspecified atom stereocenters. The van der Waals surface area contributed by atoms with Crippen LogP contribution in [0.1, 0.15) is 45.4 Å². The Morgan fingerprint density at radius 2 is 2.06 bits per heavy atom. The van der Waals surface area contributed by atoms with Crippen molar-refractivity contribution < 1.29 is 0 Å². The summed E-state index contributed by atoms with van der Waals surface area (Å²) >= 11 is 0. The fourth-order valence-electron chi connectivity index (χ4n) is 2.49. The van der Waals surface area contributed by atoms with Gasteiger partial charge < -0.3 is 10.2 Å². The van der Waals surface area contributed by atoms with E-state index in [9.17, 15) is 0 Å². The Labute approximate surface area is 111 Å². The van der Waals surface area contributed by atoms with E-state index in [1.807, 2.05) is 12.3 Å². The Morgan fingerprint density at radius 1 is 1.22 bits per heavy atom. The van der Waals surface area contributed by atoms with E-state index < -0.39 is 0 Å². The molecule has 1 aliphatic rings. The summed E-state index contributed by atoms with van der Waals surface area (Å²) < 4.78 is 0. The van der Waals surface area contributed by atoms with Crippen LogP contribution in [0.3, 0.4) is 0 Å². The minimum Gasteiger partial charge on any atom is -0.382 e. The van der Waals surface area contributed by atoms with Gasteiger partial charge in [-0.05, 0) is 31.4 Å². The molecule has 1 saturated heterocycles. The number of pyridine rings is 1. The first kappa shape index (κ1) is 13.2. The number of unbranched alkanes of at least 4 members (excludes halogenated alkanes) is 3. The number of aromatic nitrogens is 1. The van der Waals surface area contributed by atoms with Crippen molar-refractivity contribution in [3.8, 4) is 0 Å². The van der Waals surface area contributed by atoms with Gasteiger partial charge in [-0.3, -0.25) is 0 Å². The zero-order valence-corrected chi connectivity index (χ0v) is 11.5. The third kappa shape index (κ3) is 3.62. The molecule has 2 heterocycles. The Kier molecular flexibility index (Phi) is 5.31. The second-order valence-corrected chi connectivity index (χ2v) is 5.06. The van der Waals surface area contributed by atoms with Crippen LogP contribution in [-0.4, -0.2) is 24.6 Å². The van der Waals surface area contributed by atoms with Crippen molar-refractivity contribution in [3.05, 3.63) is 18.3 Å². The maximum absolute atomic E-state index is 4.54. The predicted octanol–water partition coefficient (Wildman–Crippen LogP) is 3.67. The summed E-state index contributed by atoms with van der Waals surface area (Å²) in [6.07, 6.45) is 9.71. The third-order valence-corrected chi connectivity index (χ3v) is 3.54. The first-order chi connectivity index (χ1) is 8.92. The SMILES string of the molecule is CCCCCCNc1cccnc1N1CCCC1. The van der Waals surface area contributed by atoms with Crippen molar-refractivity contribution in [2.24, 2.45) is 0 Å². The van der Waals surface area contributed by atoms with Gasteiger partial charge in [0.1, 0.15) is 0 Å². The number of hydrogen-bond acceptors (Lipinski definition) is 3. The van der Waals surface area contributed by atoms with Crippen LogP contribution in [0, 0.1) is 0 Å². The number of anilines is 2. The molecular formula is C15H25N3. The highest BCUT2D eigenvalue weighted by Gasteiger charge is 2.16.